The smallest absolute Gasteiger partial charge is 0.352 e. The highest BCUT2D eigenvalue weighted by Crippen LogP contribution is 2.32. The van der Waals surface area contributed by atoms with E-state index in [1.807, 2.05) is 6.07 Å². The van der Waals surface area contributed by atoms with Crippen LogP contribution in [0.25, 0.3) is 0 Å². The van der Waals surface area contributed by atoms with Gasteiger partial charge in [0, 0.05) is 37.5 Å². The van der Waals surface area contributed by atoms with Crippen molar-refractivity contribution in [2.75, 3.05) is 17.1 Å². The van der Waals surface area contributed by atoms with E-state index in [-0.39, 0.29) is 49.6 Å². The zero-order valence-electron chi connectivity index (χ0n) is 24.1. The molecule has 12 heteroatoms. The third-order valence-electron chi connectivity index (χ3n) is 6.61. The Morgan fingerprint density at radius 1 is 0.930 bits per heavy atom. The zero-order chi connectivity index (χ0) is 31.8. The number of benzene rings is 3. The van der Waals surface area contributed by atoms with Gasteiger partial charge >= 0.3 is 6.18 Å². The molecule has 3 aromatic carbocycles. The summed E-state index contributed by atoms with van der Waals surface area (Å²) in [6.45, 7) is 3.03. The molecule has 0 heterocycles. The van der Waals surface area contributed by atoms with Crippen molar-refractivity contribution in [2.45, 2.75) is 57.9 Å². The number of alkyl halides is 3. The van der Waals surface area contributed by atoms with Crippen LogP contribution < -0.4 is 9.62 Å². The molecule has 7 nitrogen and oxygen atoms in total. The van der Waals surface area contributed by atoms with Crippen molar-refractivity contribution in [2.24, 2.45) is 0 Å². The lowest BCUT2D eigenvalue weighted by Crippen LogP contribution is -2.52. The summed E-state index contributed by atoms with van der Waals surface area (Å²) in [5, 5.41) is 2.83. The summed E-state index contributed by atoms with van der Waals surface area (Å²) in [7, 11) is -4.01. The van der Waals surface area contributed by atoms with Gasteiger partial charge in [-0.3, -0.25) is 13.9 Å². The molecule has 0 fully saturated rings. The van der Waals surface area contributed by atoms with Crippen molar-refractivity contribution in [1.29, 1.82) is 0 Å². The van der Waals surface area contributed by atoms with Crippen LogP contribution in [0.15, 0.2) is 78.9 Å². The van der Waals surface area contributed by atoms with Crippen molar-refractivity contribution in [3.8, 4) is 0 Å². The average molecular weight is 622 g/mol. The molecule has 3 aromatic rings. The fourth-order valence-corrected chi connectivity index (χ4v) is 5.54. The largest absolute Gasteiger partial charge is 0.416 e. The molecule has 0 spiro atoms. The maximum atomic E-state index is 14.7. The predicted octanol–water partition coefficient (Wildman–Crippen LogP) is 5.56. The van der Waals surface area contributed by atoms with Crippen LogP contribution in [0.5, 0.6) is 0 Å². The summed E-state index contributed by atoms with van der Waals surface area (Å²) in [5.41, 5.74) is -0.240. The number of carbonyl (C=O) groups is 2. The maximum Gasteiger partial charge on any atom is 0.416 e. The zero-order valence-corrected chi connectivity index (χ0v) is 25.0. The first-order valence-electron chi connectivity index (χ1n) is 13.7. The van der Waals surface area contributed by atoms with E-state index in [4.69, 9.17) is 0 Å². The van der Waals surface area contributed by atoms with Gasteiger partial charge in [-0.2, -0.15) is 13.2 Å². The summed E-state index contributed by atoms with van der Waals surface area (Å²) >= 11 is 0. The lowest BCUT2D eigenvalue weighted by Gasteiger charge is -2.32. The minimum Gasteiger partial charge on any atom is -0.352 e. The van der Waals surface area contributed by atoms with Crippen LogP contribution in [0.2, 0.25) is 0 Å². The fraction of sp³-hybridized carbons (Fsp3) is 0.355. The quantitative estimate of drug-likeness (QED) is 0.254. The summed E-state index contributed by atoms with van der Waals surface area (Å²) in [4.78, 5) is 28.4. The monoisotopic (exact) mass is 621 g/mol. The molecule has 0 aliphatic carbocycles. The molecule has 0 saturated heterocycles. The van der Waals surface area contributed by atoms with Gasteiger partial charge in [0.2, 0.25) is 21.8 Å². The maximum absolute atomic E-state index is 14.7. The molecule has 3 rings (SSSR count). The fourth-order valence-electron chi connectivity index (χ4n) is 4.59. The van der Waals surface area contributed by atoms with Crippen molar-refractivity contribution in [3.05, 3.63) is 101 Å². The minimum absolute atomic E-state index is 0.0697. The molecule has 0 aliphatic heterocycles. The van der Waals surface area contributed by atoms with Gasteiger partial charge in [0.05, 0.1) is 17.5 Å². The van der Waals surface area contributed by atoms with Crippen LogP contribution in [0.3, 0.4) is 0 Å². The molecule has 232 valence electrons. The van der Waals surface area contributed by atoms with Crippen LogP contribution in [0.1, 0.15) is 43.4 Å². The van der Waals surface area contributed by atoms with Gasteiger partial charge in [0.15, 0.2) is 0 Å². The second-order valence-corrected chi connectivity index (χ2v) is 12.4. The Morgan fingerprint density at radius 3 is 2.19 bits per heavy atom. The van der Waals surface area contributed by atoms with Gasteiger partial charge in [-0.25, -0.2) is 12.8 Å². The molecule has 0 radical (unpaired) electrons. The topological polar surface area (TPSA) is 86.8 Å². The number of anilines is 1. The highest BCUT2D eigenvalue weighted by atomic mass is 32.2. The van der Waals surface area contributed by atoms with E-state index < -0.39 is 45.4 Å². The van der Waals surface area contributed by atoms with E-state index >= 15 is 0 Å². The highest BCUT2D eigenvalue weighted by molar-refractivity contribution is 7.92. The number of nitrogens with one attached hydrogen (secondary N) is 1. The Balaban J connectivity index is 1.90. The molecular formula is C31H35F4N3O4S. The molecule has 1 atom stereocenters. The Morgan fingerprint density at radius 2 is 1.58 bits per heavy atom. The summed E-state index contributed by atoms with van der Waals surface area (Å²) in [6.07, 6.45) is -3.99. The Bertz CT molecular complexity index is 1500. The minimum atomic E-state index is -4.67. The molecule has 0 aromatic heterocycles. The van der Waals surface area contributed by atoms with E-state index in [2.05, 4.69) is 5.32 Å². The second-order valence-electron chi connectivity index (χ2n) is 10.5. The molecule has 1 N–H and O–H groups in total. The number of rotatable bonds is 13. The van der Waals surface area contributed by atoms with Gasteiger partial charge in [0.25, 0.3) is 0 Å². The number of nitrogens with zero attached hydrogens (tertiary/aromatic N) is 2. The Labute approximate surface area is 249 Å². The standard InChI is InChI=1S/C31H35F4N3O4S/c1-22(2)36-30(40)28(19-23-11-5-4-6-12-23)37(21-24-13-7-8-16-27(24)32)29(39)17-10-18-38(43(3,41)42)26-15-9-14-25(20-26)31(33,34)35/h4-9,11-16,20,22,28H,10,17-19,21H2,1-3H3,(H,36,40)/t28-/m0/s1. The predicted molar refractivity (Wildman–Crippen MR) is 157 cm³/mol. The molecule has 0 bridgehead atoms. The van der Waals surface area contributed by atoms with Crippen LogP contribution in [0.4, 0.5) is 23.2 Å². The lowest BCUT2D eigenvalue weighted by atomic mass is 10.0. The van der Waals surface area contributed by atoms with E-state index in [1.54, 1.807) is 44.2 Å². The van der Waals surface area contributed by atoms with Gasteiger partial charge in [-0.05, 0) is 50.1 Å². The summed E-state index contributed by atoms with van der Waals surface area (Å²) < 4.78 is 80.4. The van der Waals surface area contributed by atoms with Crippen molar-refractivity contribution < 1.29 is 35.6 Å². The van der Waals surface area contributed by atoms with Crippen molar-refractivity contribution >= 4 is 27.5 Å². The van der Waals surface area contributed by atoms with E-state index in [0.717, 1.165) is 34.3 Å². The Kier molecular flexibility index (Phi) is 11.3. The first-order chi connectivity index (χ1) is 20.2. The normalized spacial score (nSPS) is 12.6. The third-order valence-corrected chi connectivity index (χ3v) is 7.81. The van der Waals surface area contributed by atoms with Gasteiger partial charge < -0.3 is 10.2 Å². The number of hydrogen-bond acceptors (Lipinski definition) is 4. The van der Waals surface area contributed by atoms with Crippen LogP contribution in [-0.4, -0.2) is 50.0 Å². The average Bonchev–Trinajstić information content (AvgIpc) is 2.93. The number of halogens is 4. The van der Waals surface area contributed by atoms with Crippen LogP contribution in [0, 0.1) is 5.82 Å². The first-order valence-corrected chi connectivity index (χ1v) is 15.5. The van der Waals surface area contributed by atoms with E-state index in [0.29, 0.717) is 0 Å². The van der Waals surface area contributed by atoms with Gasteiger partial charge in [-0.15, -0.1) is 0 Å². The van der Waals surface area contributed by atoms with E-state index in [9.17, 15) is 35.6 Å². The second kappa shape index (κ2) is 14.5. The molecule has 2 amide bonds. The Hall–Kier alpha value is -3.93. The molecule has 0 aliphatic rings. The van der Waals surface area contributed by atoms with E-state index in [1.165, 1.54) is 29.2 Å². The SMILES string of the molecule is CC(C)NC(=O)[C@H](Cc1ccccc1)N(Cc1ccccc1F)C(=O)CCCN(c1cccc(C(F)(F)F)c1)S(C)(=O)=O. The summed E-state index contributed by atoms with van der Waals surface area (Å²) in [6, 6.07) is 17.5. The van der Waals surface area contributed by atoms with Crippen LogP contribution >= 0.6 is 0 Å². The molecule has 0 saturated carbocycles. The first kappa shape index (κ1) is 33.6. The number of hydrogen-bond donors (Lipinski definition) is 1. The van der Waals surface area contributed by atoms with Crippen molar-refractivity contribution in [1.82, 2.24) is 10.2 Å². The van der Waals surface area contributed by atoms with Gasteiger partial charge in [0.1, 0.15) is 11.9 Å². The molecule has 43 heavy (non-hydrogen) atoms. The van der Waals surface area contributed by atoms with Crippen LogP contribution in [-0.2, 0) is 38.8 Å². The molecular weight excluding hydrogens is 586 g/mol. The highest BCUT2D eigenvalue weighted by Gasteiger charge is 2.33. The number of carbonyl (C=O) groups excluding carboxylic acids is 2. The third kappa shape index (κ3) is 9.81. The number of sulfonamides is 1. The summed E-state index contributed by atoms with van der Waals surface area (Å²) in [5.74, 6) is -1.54. The van der Waals surface area contributed by atoms with Crippen molar-refractivity contribution in [3.63, 3.8) is 0 Å². The molecule has 0 unspecified atom stereocenters. The number of amides is 2. The van der Waals surface area contributed by atoms with Gasteiger partial charge in [-0.1, -0.05) is 54.6 Å². The lowest BCUT2D eigenvalue weighted by molar-refractivity contribution is -0.141.